The normalized spacial score (nSPS) is 12.0. The van der Waals surface area contributed by atoms with Crippen molar-refractivity contribution in [2.75, 3.05) is 13.2 Å². The Morgan fingerprint density at radius 3 is 2.65 bits per heavy atom. The molecule has 0 aliphatic heterocycles. The second kappa shape index (κ2) is 7.20. The number of fused-ring (bicyclic) bond motifs is 1. The van der Waals surface area contributed by atoms with Crippen LogP contribution < -0.4 is 11.1 Å². The van der Waals surface area contributed by atoms with Gasteiger partial charge in [0, 0.05) is 27.3 Å². The summed E-state index contributed by atoms with van der Waals surface area (Å²) >= 11 is 0. The number of hydrogen-bond acceptors (Lipinski definition) is 5. The second-order valence-corrected chi connectivity index (χ2v) is 12.3. The van der Waals surface area contributed by atoms with E-state index in [4.69, 9.17) is 9.84 Å². The van der Waals surface area contributed by atoms with Crippen LogP contribution in [0.4, 0.5) is 0 Å². The summed E-state index contributed by atoms with van der Waals surface area (Å²) in [4.78, 5) is 24.3. The topological polar surface area (TPSA) is 86.3 Å². The summed E-state index contributed by atoms with van der Waals surface area (Å²) in [5.41, 5.74) is -0.144. The second-order valence-electron chi connectivity index (χ2n) is 6.64. The number of pyridine rings is 1. The Kier molecular flexibility index (Phi) is 5.50. The van der Waals surface area contributed by atoms with Crippen molar-refractivity contribution in [3.05, 3.63) is 39.0 Å². The summed E-state index contributed by atoms with van der Waals surface area (Å²) in [7, 11) is -1.17. The molecule has 0 amide bonds. The zero-order valence-corrected chi connectivity index (χ0v) is 14.8. The molecule has 2 heterocycles. The number of aromatic nitrogens is 3. The average Bonchev–Trinajstić information content (AvgIpc) is 2.47. The fourth-order valence-electron chi connectivity index (χ4n) is 2.18. The molecule has 0 atom stereocenters. The van der Waals surface area contributed by atoms with Crippen molar-refractivity contribution in [2.24, 2.45) is 0 Å². The highest BCUT2D eigenvalue weighted by Crippen LogP contribution is 2.08. The largest absolute Gasteiger partial charge is 0.395 e. The van der Waals surface area contributed by atoms with E-state index < -0.39 is 8.07 Å². The Morgan fingerprint density at radius 1 is 1.26 bits per heavy atom. The Morgan fingerprint density at radius 2 is 2.00 bits per heavy atom. The molecule has 0 bridgehead atoms. The molecule has 0 unspecified atom stereocenters. The molecule has 0 aromatic carbocycles. The molecule has 2 rings (SSSR count). The van der Waals surface area contributed by atoms with Crippen LogP contribution in [0.1, 0.15) is 0 Å². The van der Waals surface area contributed by atoms with Gasteiger partial charge in [-0.3, -0.25) is 9.59 Å². The maximum absolute atomic E-state index is 12.4. The molecule has 0 fully saturated rings. The standard InChI is InChI=1S/C15H23N3O4Si/c1-23(2,3)9-8-22-11-18-15(21)12-4-5-14(20)17(6-7-19)13(12)10-16-18/h4-5,10,19H,6-9,11H2,1-3H3. The minimum Gasteiger partial charge on any atom is -0.395 e. The lowest BCUT2D eigenvalue weighted by atomic mass is 10.3. The number of ether oxygens (including phenoxy) is 1. The highest BCUT2D eigenvalue weighted by molar-refractivity contribution is 6.76. The van der Waals surface area contributed by atoms with E-state index in [2.05, 4.69) is 24.7 Å². The molecule has 23 heavy (non-hydrogen) atoms. The fourth-order valence-corrected chi connectivity index (χ4v) is 2.94. The lowest BCUT2D eigenvalue weighted by Gasteiger charge is -2.15. The molecule has 1 N–H and O–H groups in total. The first-order valence-electron chi connectivity index (χ1n) is 7.62. The molecule has 7 nitrogen and oxygen atoms in total. The number of nitrogens with zero attached hydrogens (tertiary/aromatic N) is 3. The Hall–Kier alpha value is -1.77. The van der Waals surface area contributed by atoms with Crippen molar-refractivity contribution in [2.45, 2.75) is 39.0 Å². The van der Waals surface area contributed by atoms with Gasteiger partial charge in [-0.05, 0) is 12.1 Å². The van der Waals surface area contributed by atoms with E-state index >= 15 is 0 Å². The Labute approximate surface area is 135 Å². The van der Waals surface area contributed by atoms with Crippen molar-refractivity contribution in [3.63, 3.8) is 0 Å². The number of aliphatic hydroxyl groups excluding tert-OH is 1. The molecular weight excluding hydrogens is 314 g/mol. The van der Waals surface area contributed by atoms with Crippen LogP contribution in [-0.2, 0) is 18.0 Å². The Balaban J connectivity index is 2.24. The molecule has 126 valence electrons. The highest BCUT2D eigenvalue weighted by Gasteiger charge is 2.13. The Bertz CT molecular complexity index is 792. The van der Waals surface area contributed by atoms with Gasteiger partial charge >= 0.3 is 0 Å². The third-order valence-corrected chi connectivity index (χ3v) is 5.25. The SMILES string of the molecule is C[Si](C)(C)CCOCn1ncc2c(ccc(=O)n2CCO)c1=O. The minimum atomic E-state index is -1.17. The molecule has 0 saturated carbocycles. The molecular formula is C15H23N3O4Si. The van der Waals surface area contributed by atoms with Gasteiger partial charge in [-0.1, -0.05) is 19.6 Å². The van der Waals surface area contributed by atoms with Crippen molar-refractivity contribution in [1.29, 1.82) is 0 Å². The summed E-state index contributed by atoms with van der Waals surface area (Å²) in [6.45, 7) is 7.44. The molecule has 0 radical (unpaired) electrons. The van der Waals surface area contributed by atoms with Crippen LogP contribution in [-0.4, -0.2) is 40.7 Å². The van der Waals surface area contributed by atoms with Crippen LogP contribution >= 0.6 is 0 Å². The highest BCUT2D eigenvalue weighted by atomic mass is 28.3. The lowest BCUT2D eigenvalue weighted by Crippen LogP contribution is -2.29. The predicted octanol–water partition coefficient (Wildman–Crippen LogP) is 0.863. The van der Waals surface area contributed by atoms with E-state index in [-0.39, 0.29) is 31.0 Å². The van der Waals surface area contributed by atoms with Crippen LogP contribution in [0.5, 0.6) is 0 Å². The van der Waals surface area contributed by atoms with Gasteiger partial charge in [-0.2, -0.15) is 5.10 Å². The predicted molar refractivity (Wildman–Crippen MR) is 91.5 cm³/mol. The minimum absolute atomic E-state index is 0.0956. The van der Waals surface area contributed by atoms with Crippen molar-refractivity contribution < 1.29 is 9.84 Å². The van der Waals surface area contributed by atoms with Crippen LogP contribution in [0, 0.1) is 0 Å². The van der Waals surface area contributed by atoms with Crippen LogP contribution in [0.15, 0.2) is 27.9 Å². The summed E-state index contributed by atoms with van der Waals surface area (Å²) in [5, 5.41) is 13.5. The van der Waals surface area contributed by atoms with Gasteiger partial charge in [0.2, 0.25) is 0 Å². The zero-order chi connectivity index (χ0) is 17.0. The van der Waals surface area contributed by atoms with Gasteiger partial charge in [0.25, 0.3) is 11.1 Å². The molecule has 0 aliphatic rings. The molecule has 2 aromatic heterocycles. The quantitative estimate of drug-likeness (QED) is 0.598. The van der Waals surface area contributed by atoms with E-state index in [1.807, 2.05) is 0 Å². The average molecular weight is 337 g/mol. The van der Waals surface area contributed by atoms with E-state index in [9.17, 15) is 9.59 Å². The van der Waals surface area contributed by atoms with Crippen molar-refractivity contribution in [1.82, 2.24) is 14.3 Å². The smallest absolute Gasteiger partial charge is 0.278 e. The molecule has 2 aromatic rings. The van der Waals surface area contributed by atoms with Crippen LogP contribution in [0.3, 0.4) is 0 Å². The van der Waals surface area contributed by atoms with Crippen LogP contribution in [0.2, 0.25) is 25.7 Å². The third-order valence-electron chi connectivity index (χ3n) is 3.54. The van der Waals surface area contributed by atoms with Gasteiger partial charge in [0.1, 0.15) is 6.73 Å². The first kappa shape index (κ1) is 17.6. The van der Waals surface area contributed by atoms with E-state index in [0.717, 1.165) is 6.04 Å². The van der Waals surface area contributed by atoms with Gasteiger partial charge in [0.15, 0.2) is 0 Å². The number of aliphatic hydroxyl groups is 1. The van der Waals surface area contributed by atoms with Gasteiger partial charge in [0.05, 0.1) is 23.7 Å². The number of hydrogen-bond donors (Lipinski definition) is 1. The summed E-state index contributed by atoms with van der Waals surface area (Å²) in [5.74, 6) is 0. The van der Waals surface area contributed by atoms with E-state index in [1.54, 1.807) is 0 Å². The first-order chi connectivity index (χ1) is 10.8. The van der Waals surface area contributed by atoms with Gasteiger partial charge < -0.3 is 14.4 Å². The lowest BCUT2D eigenvalue weighted by molar-refractivity contribution is 0.0754. The third kappa shape index (κ3) is 4.37. The van der Waals surface area contributed by atoms with Gasteiger partial charge in [-0.25, -0.2) is 4.68 Å². The first-order valence-corrected chi connectivity index (χ1v) is 11.3. The number of rotatable bonds is 7. The van der Waals surface area contributed by atoms with Gasteiger partial charge in [-0.15, -0.1) is 0 Å². The summed E-state index contributed by atoms with van der Waals surface area (Å²) < 4.78 is 8.15. The van der Waals surface area contributed by atoms with Crippen LogP contribution in [0.25, 0.3) is 10.9 Å². The maximum atomic E-state index is 12.4. The van der Waals surface area contributed by atoms with E-state index in [1.165, 1.54) is 27.6 Å². The molecule has 0 spiro atoms. The molecule has 8 heteroatoms. The summed E-state index contributed by atoms with van der Waals surface area (Å²) in [6, 6.07) is 3.84. The molecule has 0 aliphatic carbocycles. The van der Waals surface area contributed by atoms with E-state index in [0.29, 0.717) is 17.5 Å². The van der Waals surface area contributed by atoms with Crippen molar-refractivity contribution >= 4 is 19.0 Å². The fraction of sp³-hybridized carbons (Fsp3) is 0.533. The monoisotopic (exact) mass is 337 g/mol. The zero-order valence-electron chi connectivity index (χ0n) is 13.8. The summed E-state index contributed by atoms with van der Waals surface area (Å²) in [6.07, 6.45) is 1.47. The van der Waals surface area contributed by atoms with Crippen molar-refractivity contribution in [3.8, 4) is 0 Å². The molecule has 0 saturated heterocycles. The maximum Gasteiger partial charge on any atom is 0.278 e.